The number of carbonyl (C=O) groups excluding carboxylic acids is 1. The van der Waals surface area contributed by atoms with E-state index >= 15 is 0 Å². The van der Waals surface area contributed by atoms with E-state index in [1.165, 1.54) is 30.5 Å². The zero-order chi connectivity index (χ0) is 22.4. The van der Waals surface area contributed by atoms with E-state index in [9.17, 15) is 13.2 Å². The van der Waals surface area contributed by atoms with Crippen LogP contribution in [0.15, 0.2) is 71.8 Å². The quantitative estimate of drug-likeness (QED) is 0.546. The zero-order valence-corrected chi connectivity index (χ0v) is 18.4. The molecule has 3 aromatic rings. The SMILES string of the molecule is CC[C@H](Oc1cc(C)ccc1C)C(=O)Nc1ccc(S(=O)(=O)Nc2ccccn2)cc1. The van der Waals surface area contributed by atoms with E-state index < -0.39 is 16.1 Å². The minimum atomic E-state index is -3.78. The second-order valence-electron chi connectivity index (χ2n) is 7.12. The maximum atomic E-state index is 12.7. The third-order valence-corrected chi connectivity index (χ3v) is 5.98. The highest BCUT2D eigenvalue weighted by Crippen LogP contribution is 2.22. The summed E-state index contributed by atoms with van der Waals surface area (Å²) in [5.41, 5.74) is 2.48. The molecular weight excluding hydrogens is 414 g/mol. The minimum Gasteiger partial charge on any atom is -0.480 e. The Kier molecular flexibility index (Phi) is 6.91. The first-order chi connectivity index (χ1) is 14.8. The number of hydrogen-bond donors (Lipinski definition) is 2. The number of benzene rings is 2. The molecule has 162 valence electrons. The van der Waals surface area contributed by atoms with Gasteiger partial charge in [0.1, 0.15) is 11.6 Å². The Hall–Kier alpha value is -3.39. The van der Waals surface area contributed by atoms with Crippen LogP contribution >= 0.6 is 0 Å². The molecule has 0 spiro atoms. The average molecular weight is 440 g/mol. The van der Waals surface area contributed by atoms with Crippen LogP contribution in [0.1, 0.15) is 24.5 Å². The largest absolute Gasteiger partial charge is 0.480 e. The number of nitrogens with zero attached hydrogens (tertiary/aromatic N) is 1. The molecule has 2 aromatic carbocycles. The van der Waals surface area contributed by atoms with E-state index in [4.69, 9.17) is 4.74 Å². The number of pyridine rings is 1. The summed E-state index contributed by atoms with van der Waals surface area (Å²) in [6, 6.07) is 16.7. The van der Waals surface area contributed by atoms with E-state index in [1.54, 1.807) is 18.2 Å². The fraction of sp³-hybridized carbons (Fsp3) is 0.217. The molecule has 0 radical (unpaired) electrons. The number of aromatic nitrogens is 1. The third kappa shape index (κ3) is 5.82. The number of aryl methyl sites for hydroxylation is 2. The molecule has 1 heterocycles. The maximum Gasteiger partial charge on any atom is 0.265 e. The maximum absolute atomic E-state index is 12.7. The first kappa shape index (κ1) is 22.3. The molecule has 0 saturated heterocycles. The molecule has 0 unspecified atom stereocenters. The summed E-state index contributed by atoms with van der Waals surface area (Å²) < 4.78 is 33.3. The highest BCUT2D eigenvalue weighted by atomic mass is 32.2. The standard InChI is InChI=1S/C23H25N3O4S/c1-4-20(30-21-15-16(2)8-9-17(21)3)23(27)25-18-10-12-19(13-11-18)31(28,29)26-22-7-5-6-14-24-22/h5-15,20H,4H2,1-3H3,(H,24,26)(H,25,27)/t20-/m0/s1. The predicted octanol–water partition coefficient (Wildman–Crippen LogP) is 4.30. The van der Waals surface area contributed by atoms with Gasteiger partial charge in [0.2, 0.25) is 0 Å². The lowest BCUT2D eigenvalue weighted by Crippen LogP contribution is -2.32. The molecule has 0 saturated carbocycles. The Morgan fingerprint density at radius 3 is 2.45 bits per heavy atom. The van der Waals surface area contributed by atoms with Crippen LogP contribution in [0, 0.1) is 13.8 Å². The number of rotatable bonds is 8. The number of anilines is 2. The van der Waals surface area contributed by atoms with Gasteiger partial charge < -0.3 is 10.1 Å². The van der Waals surface area contributed by atoms with Crippen molar-refractivity contribution < 1.29 is 17.9 Å². The van der Waals surface area contributed by atoms with Gasteiger partial charge in [-0.2, -0.15) is 0 Å². The number of hydrogen-bond acceptors (Lipinski definition) is 5. The van der Waals surface area contributed by atoms with Crippen LogP contribution in [0.2, 0.25) is 0 Å². The number of carbonyl (C=O) groups is 1. The van der Waals surface area contributed by atoms with Crippen LogP contribution in [-0.2, 0) is 14.8 Å². The molecule has 2 N–H and O–H groups in total. The first-order valence-electron chi connectivity index (χ1n) is 9.87. The summed E-state index contributed by atoms with van der Waals surface area (Å²) >= 11 is 0. The van der Waals surface area contributed by atoms with Gasteiger partial charge in [-0.05, 0) is 73.9 Å². The molecule has 1 aromatic heterocycles. The number of sulfonamides is 1. The molecule has 0 fully saturated rings. The highest BCUT2D eigenvalue weighted by molar-refractivity contribution is 7.92. The lowest BCUT2D eigenvalue weighted by Gasteiger charge is -2.19. The number of amides is 1. The molecule has 0 bridgehead atoms. The molecule has 0 aliphatic heterocycles. The molecule has 31 heavy (non-hydrogen) atoms. The van der Waals surface area contributed by atoms with E-state index in [2.05, 4.69) is 15.0 Å². The third-order valence-electron chi connectivity index (χ3n) is 4.61. The monoisotopic (exact) mass is 439 g/mol. The Morgan fingerprint density at radius 2 is 1.81 bits per heavy atom. The van der Waals surface area contributed by atoms with Crippen molar-refractivity contribution in [2.75, 3.05) is 10.0 Å². The minimum absolute atomic E-state index is 0.0647. The fourth-order valence-corrected chi connectivity index (χ4v) is 3.88. The molecule has 1 amide bonds. The predicted molar refractivity (Wildman–Crippen MR) is 121 cm³/mol. The van der Waals surface area contributed by atoms with Crippen molar-refractivity contribution in [2.45, 2.75) is 38.2 Å². The smallest absolute Gasteiger partial charge is 0.265 e. The molecule has 0 aliphatic carbocycles. The zero-order valence-electron chi connectivity index (χ0n) is 17.6. The van der Waals surface area contributed by atoms with E-state index in [1.807, 2.05) is 39.0 Å². The normalized spacial score (nSPS) is 12.1. The van der Waals surface area contributed by atoms with Gasteiger partial charge in [0.25, 0.3) is 15.9 Å². The number of ether oxygens (including phenoxy) is 1. The van der Waals surface area contributed by atoms with Gasteiger partial charge in [-0.3, -0.25) is 9.52 Å². The van der Waals surface area contributed by atoms with Gasteiger partial charge >= 0.3 is 0 Å². The van der Waals surface area contributed by atoms with Gasteiger partial charge in [0.05, 0.1) is 4.90 Å². The van der Waals surface area contributed by atoms with Crippen molar-refractivity contribution in [2.24, 2.45) is 0 Å². The molecule has 3 rings (SSSR count). The van der Waals surface area contributed by atoms with Gasteiger partial charge in [-0.25, -0.2) is 13.4 Å². The Bertz CT molecular complexity index is 1150. The summed E-state index contributed by atoms with van der Waals surface area (Å²) in [4.78, 5) is 16.7. The van der Waals surface area contributed by atoms with Gasteiger partial charge in [-0.15, -0.1) is 0 Å². The number of nitrogens with one attached hydrogen (secondary N) is 2. The van der Waals surface area contributed by atoms with Crippen molar-refractivity contribution in [3.8, 4) is 5.75 Å². The second kappa shape index (κ2) is 9.61. The summed E-state index contributed by atoms with van der Waals surface area (Å²) in [6.45, 7) is 5.76. The van der Waals surface area contributed by atoms with Crippen LogP contribution in [0.25, 0.3) is 0 Å². The fourth-order valence-electron chi connectivity index (χ4n) is 2.87. The van der Waals surface area contributed by atoms with Crippen LogP contribution in [0.4, 0.5) is 11.5 Å². The van der Waals surface area contributed by atoms with Crippen LogP contribution < -0.4 is 14.8 Å². The van der Waals surface area contributed by atoms with Gasteiger partial charge in [-0.1, -0.05) is 25.1 Å². The lowest BCUT2D eigenvalue weighted by molar-refractivity contribution is -0.122. The van der Waals surface area contributed by atoms with Crippen molar-refractivity contribution in [1.82, 2.24) is 4.98 Å². The second-order valence-corrected chi connectivity index (χ2v) is 8.80. The van der Waals surface area contributed by atoms with E-state index in [0.717, 1.165) is 11.1 Å². The van der Waals surface area contributed by atoms with Gasteiger partial charge in [0, 0.05) is 11.9 Å². The molecule has 1 atom stereocenters. The Balaban J connectivity index is 1.68. The van der Waals surface area contributed by atoms with E-state index in [0.29, 0.717) is 17.9 Å². The molecule has 0 aliphatic rings. The average Bonchev–Trinajstić information content (AvgIpc) is 2.75. The van der Waals surface area contributed by atoms with E-state index in [-0.39, 0.29) is 16.6 Å². The Morgan fingerprint density at radius 1 is 1.06 bits per heavy atom. The first-order valence-corrected chi connectivity index (χ1v) is 11.4. The topological polar surface area (TPSA) is 97.4 Å². The van der Waals surface area contributed by atoms with Crippen LogP contribution in [0.5, 0.6) is 5.75 Å². The van der Waals surface area contributed by atoms with Crippen molar-refractivity contribution in [3.63, 3.8) is 0 Å². The van der Waals surface area contributed by atoms with Gasteiger partial charge in [0.15, 0.2) is 6.10 Å². The molecule has 7 nitrogen and oxygen atoms in total. The molecular formula is C23H25N3O4S. The van der Waals surface area contributed by atoms with Crippen LogP contribution in [-0.4, -0.2) is 25.4 Å². The molecule has 8 heteroatoms. The van der Waals surface area contributed by atoms with Crippen molar-refractivity contribution in [1.29, 1.82) is 0 Å². The van der Waals surface area contributed by atoms with Crippen molar-refractivity contribution >= 4 is 27.4 Å². The summed E-state index contributed by atoms with van der Waals surface area (Å²) in [7, 11) is -3.78. The summed E-state index contributed by atoms with van der Waals surface area (Å²) in [5, 5.41) is 2.78. The summed E-state index contributed by atoms with van der Waals surface area (Å²) in [6.07, 6.45) is 1.32. The Labute approximate surface area is 182 Å². The lowest BCUT2D eigenvalue weighted by atomic mass is 10.1. The van der Waals surface area contributed by atoms with Crippen molar-refractivity contribution in [3.05, 3.63) is 78.0 Å². The van der Waals surface area contributed by atoms with Crippen LogP contribution in [0.3, 0.4) is 0 Å². The summed E-state index contributed by atoms with van der Waals surface area (Å²) in [5.74, 6) is 0.601. The highest BCUT2D eigenvalue weighted by Gasteiger charge is 2.20.